The normalized spacial score (nSPS) is 10.6. The summed E-state index contributed by atoms with van der Waals surface area (Å²) in [4.78, 5) is 12.1. The molecular weight excluding hydrogens is 370 g/mol. The maximum atomic E-state index is 12.1. The Morgan fingerprint density at radius 3 is 2.67 bits per heavy atom. The van der Waals surface area contributed by atoms with Crippen molar-refractivity contribution < 1.29 is 9.21 Å². The summed E-state index contributed by atoms with van der Waals surface area (Å²) in [7, 11) is 0. The Morgan fingerprint density at radius 2 is 1.88 bits per heavy atom. The van der Waals surface area contributed by atoms with Crippen LogP contribution in [0.25, 0.3) is 11.5 Å². The molecule has 5 nitrogen and oxygen atoms in total. The number of halogens is 1. The standard InChI is InChI=1S/C18H16BrN3O2/c1-12-6-2-3-7-13(12)18-22-21-16(24-18)10-11-20-17(23)14-8-4-5-9-15(14)19/h2-9H,10-11H2,1H3,(H,20,23). The zero-order valence-corrected chi connectivity index (χ0v) is 14.7. The van der Waals surface area contributed by atoms with Gasteiger partial charge in [0.1, 0.15) is 0 Å². The number of nitrogens with one attached hydrogen (secondary N) is 1. The van der Waals surface area contributed by atoms with Crippen LogP contribution in [0.3, 0.4) is 0 Å². The van der Waals surface area contributed by atoms with Crippen LogP contribution in [0.15, 0.2) is 57.4 Å². The van der Waals surface area contributed by atoms with Gasteiger partial charge in [0.15, 0.2) is 0 Å². The molecule has 0 saturated carbocycles. The van der Waals surface area contributed by atoms with E-state index < -0.39 is 0 Å². The molecule has 0 aliphatic rings. The molecule has 6 heteroatoms. The molecule has 0 fully saturated rings. The maximum absolute atomic E-state index is 12.1. The van der Waals surface area contributed by atoms with E-state index in [-0.39, 0.29) is 5.91 Å². The van der Waals surface area contributed by atoms with Gasteiger partial charge in [0.25, 0.3) is 5.91 Å². The second-order valence-electron chi connectivity index (χ2n) is 5.30. The van der Waals surface area contributed by atoms with Gasteiger partial charge in [-0.15, -0.1) is 10.2 Å². The molecule has 3 rings (SSSR count). The molecule has 0 atom stereocenters. The van der Waals surface area contributed by atoms with E-state index >= 15 is 0 Å². The number of aromatic nitrogens is 2. The van der Waals surface area contributed by atoms with Crippen LogP contribution in [0, 0.1) is 6.92 Å². The molecule has 1 heterocycles. The van der Waals surface area contributed by atoms with Crippen LogP contribution in [-0.2, 0) is 6.42 Å². The van der Waals surface area contributed by atoms with Crippen LogP contribution in [-0.4, -0.2) is 22.6 Å². The highest BCUT2D eigenvalue weighted by atomic mass is 79.9. The highest BCUT2D eigenvalue weighted by molar-refractivity contribution is 9.10. The van der Waals surface area contributed by atoms with Gasteiger partial charge >= 0.3 is 0 Å². The van der Waals surface area contributed by atoms with Gasteiger partial charge in [-0.2, -0.15) is 0 Å². The molecule has 0 unspecified atom stereocenters. The lowest BCUT2D eigenvalue weighted by Crippen LogP contribution is -2.26. The lowest BCUT2D eigenvalue weighted by molar-refractivity contribution is 0.0953. The van der Waals surface area contributed by atoms with Gasteiger partial charge in [-0.1, -0.05) is 30.3 Å². The lowest BCUT2D eigenvalue weighted by Gasteiger charge is -2.05. The minimum absolute atomic E-state index is 0.138. The van der Waals surface area contributed by atoms with E-state index in [1.807, 2.05) is 49.4 Å². The van der Waals surface area contributed by atoms with E-state index in [0.29, 0.717) is 30.3 Å². The van der Waals surface area contributed by atoms with Crippen molar-refractivity contribution in [3.8, 4) is 11.5 Å². The molecule has 1 N–H and O–H groups in total. The highest BCUT2D eigenvalue weighted by Gasteiger charge is 2.12. The third kappa shape index (κ3) is 3.71. The van der Waals surface area contributed by atoms with E-state index in [0.717, 1.165) is 15.6 Å². The summed E-state index contributed by atoms with van der Waals surface area (Å²) in [5, 5.41) is 11.0. The maximum Gasteiger partial charge on any atom is 0.252 e. The summed E-state index contributed by atoms with van der Waals surface area (Å²) in [6, 6.07) is 15.1. The van der Waals surface area contributed by atoms with Crippen molar-refractivity contribution in [2.75, 3.05) is 6.54 Å². The lowest BCUT2D eigenvalue weighted by atomic mass is 10.1. The molecule has 0 aliphatic heterocycles. The monoisotopic (exact) mass is 385 g/mol. The predicted octanol–water partition coefficient (Wildman–Crippen LogP) is 3.78. The number of amides is 1. The van der Waals surface area contributed by atoms with Crippen LogP contribution < -0.4 is 5.32 Å². The molecular formula is C18H16BrN3O2. The number of rotatable bonds is 5. The molecule has 1 amide bonds. The van der Waals surface area contributed by atoms with Gasteiger partial charge in [0.2, 0.25) is 11.8 Å². The summed E-state index contributed by atoms with van der Waals surface area (Å²) in [6.07, 6.45) is 0.481. The molecule has 3 aromatic rings. The summed E-state index contributed by atoms with van der Waals surface area (Å²) < 4.78 is 6.44. The molecule has 122 valence electrons. The average Bonchev–Trinajstić information content (AvgIpc) is 3.04. The van der Waals surface area contributed by atoms with E-state index in [2.05, 4.69) is 31.4 Å². The van der Waals surface area contributed by atoms with Crippen LogP contribution in [0.2, 0.25) is 0 Å². The fraction of sp³-hybridized carbons (Fsp3) is 0.167. The first-order chi connectivity index (χ1) is 11.6. The van der Waals surface area contributed by atoms with Crippen LogP contribution in [0.1, 0.15) is 21.8 Å². The zero-order valence-electron chi connectivity index (χ0n) is 13.1. The minimum atomic E-state index is -0.138. The van der Waals surface area contributed by atoms with E-state index in [1.165, 1.54) is 0 Å². The molecule has 0 radical (unpaired) electrons. The number of nitrogens with zero attached hydrogens (tertiary/aromatic N) is 2. The molecule has 1 aromatic heterocycles. The zero-order chi connectivity index (χ0) is 16.9. The first kappa shape index (κ1) is 16.4. The molecule has 0 saturated heterocycles. The SMILES string of the molecule is Cc1ccccc1-c1nnc(CCNC(=O)c2ccccc2Br)o1. The van der Waals surface area contributed by atoms with Gasteiger partial charge in [0, 0.05) is 23.0 Å². The van der Waals surface area contributed by atoms with Crippen molar-refractivity contribution in [1.29, 1.82) is 0 Å². The molecule has 0 aliphatic carbocycles. The Hall–Kier alpha value is -2.47. The molecule has 2 aromatic carbocycles. The number of hydrogen-bond donors (Lipinski definition) is 1. The van der Waals surface area contributed by atoms with Crippen molar-refractivity contribution in [3.63, 3.8) is 0 Å². The number of hydrogen-bond acceptors (Lipinski definition) is 4. The smallest absolute Gasteiger partial charge is 0.252 e. The highest BCUT2D eigenvalue weighted by Crippen LogP contribution is 2.21. The summed E-state index contributed by atoms with van der Waals surface area (Å²) in [5.41, 5.74) is 2.60. The van der Waals surface area contributed by atoms with Crippen LogP contribution >= 0.6 is 15.9 Å². The number of aryl methyl sites for hydroxylation is 1. The van der Waals surface area contributed by atoms with Crippen molar-refractivity contribution in [2.45, 2.75) is 13.3 Å². The first-order valence-electron chi connectivity index (χ1n) is 7.56. The first-order valence-corrected chi connectivity index (χ1v) is 8.35. The minimum Gasteiger partial charge on any atom is -0.421 e. The third-order valence-corrected chi connectivity index (χ3v) is 4.28. The summed E-state index contributed by atoms with van der Waals surface area (Å²) >= 11 is 3.37. The Labute approximate surface area is 148 Å². The van der Waals surface area contributed by atoms with Crippen LogP contribution in [0.4, 0.5) is 0 Å². The van der Waals surface area contributed by atoms with Crippen molar-refractivity contribution >= 4 is 21.8 Å². The second-order valence-corrected chi connectivity index (χ2v) is 6.16. The van der Waals surface area contributed by atoms with E-state index in [9.17, 15) is 4.79 Å². The van der Waals surface area contributed by atoms with Gasteiger partial charge in [-0.25, -0.2) is 0 Å². The fourth-order valence-corrected chi connectivity index (χ4v) is 2.76. The number of carbonyl (C=O) groups is 1. The average molecular weight is 386 g/mol. The number of benzene rings is 2. The summed E-state index contributed by atoms with van der Waals surface area (Å²) in [6.45, 7) is 2.42. The Kier molecular flexibility index (Phi) is 5.05. The molecule has 0 spiro atoms. The Bertz CT molecular complexity index is 861. The van der Waals surface area contributed by atoms with E-state index in [4.69, 9.17) is 4.42 Å². The van der Waals surface area contributed by atoms with Gasteiger partial charge in [0.05, 0.1) is 5.56 Å². The Balaban J connectivity index is 1.59. The predicted molar refractivity (Wildman–Crippen MR) is 94.7 cm³/mol. The third-order valence-electron chi connectivity index (χ3n) is 3.59. The number of carbonyl (C=O) groups excluding carboxylic acids is 1. The fourth-order valence-electron chi connectivity index (χ4n) is 2.30. The quantitative estimate of drug-likeness (QED) is 0.725. The van der Waals surface area contributed by atoms with Crippen LogP contribution in [0.5, 0.6) is 0 Å². The summed E-state index contributed by atoms with van der Waals surface area (Å²) in [5.74, 6) is 0.863. The Morgan fingerprint density at radius 1 is 1.12 bits per heavy atom. The van der Waals surface area contributed by atoms with Gasteiger partial charge < -0.3 is 9.73 Å². The van der Waals surface area contributed by atoms with E-state index in [1.54, 1.807) is 6.07 Å². The molecule has 0 bridgehead atoms. The van der Waals surface area contributed by atoms with Gasteiger partial charge in [-0.3, -0.25) is 4.79 Å². The topological polar surface area (TPSA) is 68.0 Å². The second kappa shape index (κ2) is 7.40. The largest absolute Gasteiger partial charge is 0.421 e. The molecule has 24 heavy (non-hydrogen) atoms. The van der Waals surface area contributed by atoms with Crippen molar-refractivity contribution in [3.05, 3.63) is 70.0 Å². The van der Waals surface area contributed by atoms with Crippen molar-refractivity contribution in [2.24, 2.45) is 0 Å². The van der Waals surface area contributed by atoms with Crippen molar-refractivity contribution in [1.82, 2.24) is 15.5 Å². The van der Waals surface area contributed by atoms with Gasteiger partial charge in [-0.05, 0) is 46.6 Å².